The fourth-order valence-electron chi connectivity index (χ4n) is 1.81. The monoisotopic (exact) mass is 263 g/mol. The number of aryl methyl sites for hydroxylation is 1. The Balaban J connectivity index is 0.00000162. The molecule has 2 nitrogen and oxygen atoms in total. The molecule has 18 heavy (non-hydrogen) atoms. The summed E-state index contributed by atoms with van der Waals surface area (Å²) in [5, 5.41) is 9.02. The van der Waals surface area contributed by atoms with Gasteiger partial charge >= 0.3 is 0 Å². The average molecular weight is 264 g/mol. The first-order valence-corrected chi connectivity index (χ1v) is 5.84. The molecular formula is C15H18ClNO. The van der Waals surface area contributed by atoms with Gasteiger partial charge in [-0.15, -0.1) is 12.4 Å². The van der Waals surface area contributed by atoms with Gasteiger partial charge in [0.15, 0.2) is 0 Å². The molecule has 0 fully saturated rings. The van der Waals surface area contributed by atoms with Crippen LogP contribution in [-0.4, -0.2) is 11.3 Å². The Labute approximate surface area is 114 Å². The molecule has 0 radical (unpaired) electrons. The molecule has 0 saturated carbocycles. The zero-order chi connectivity index (χ0) is 12.1. The molecule has 0 aliphatic rings. The largest absolute Gasteiger partial charge is 0.379 e. The van der Waals surface area contributed by atoms with Crippen molar-refractivity contribution >= 4 is 12.4 Å². The van der Waals surface area contributed by atoms with E-state index in [1.165, 1.54) is 16.7 Å². The molecule has 0 aromatic heterocycles. The molecule has 0 aliphatic heterocycles. The molecule has 0 heterocycles. The molecule has 0 amide bonds. The van der Waals surface area contributed by atoms with Gasteiger partial charge in [-0.1, -0.05) is 54.6 Å². The highest BCUT2D eigenvalue weighted by atomic mass is 35.5. The Kier molecular flexibility index (Phi) is 5.86. The van der Waals surface area contributed by atoms with Crippen LogP contribution in [0.3, 0.4) is 0 Å². The van der Waals surface area contributed by atoms with Crippen molar-refractivity contribution in [3.05, 3.63) is 60.2 Å². The first-order chi connectivity index (χ1) is 8.25. The van der Waals surface area contributed by atoms with Gasteiger partial charge in [-0.2, -0.15) is 0 Å². The van der Waals surface area contributed by atoms with Crippen LogP contribution >= 0.6 is 12.4 Å². The standard InChI is InChI=1S/C15H17NO.ClH/c16-15(17)11-8-12-6-9-14(10-7-12)13-4-2-1-3-5-13;/h1-7,9-10,15,17H,8,11,16H2;1H. The van der Waals surface area contributed by atoms with Crippen molar-refractivity contribution in [1.82, 2.24) is 0 Å². The van der Waals surface area contributed by atoms with E-state index in [-0.39, 0.29) is 12.4 Å². The highest BCUT2D eigenvalue weighted by molar-refractivity contribution is 5.85. The third-order valence-corrected chi connectivity index (χ3v) is 2.79. The van der Waals surface area contributed by atoms with Crippen molar-refractivity contribution in [2.45, 2.75) is 19.1 Å². The molecule has 0 spiro atoms. The third kappa shape index (κ3) is 4.15. The van der Waals surface area contributed by atoms with Crippen LogP contribution in [0.2, 0.25) is 0 Å². The summed E-state index contributed by atoms with van der Waals surface area (Å²) in [7, 11) is 0. The van der Waals surface area contributed by atoms with E-state index in [1.807, 2.05) is 18.2 Å². The van der Waals surface area contributed by atoms with Gasteiger partial charge in [-0.05, 0) is 29.5 Å². The lowest BCUT2D eigenvalue weighted by Gasteiger charge is -2.06. The van der Waals surface area contributed by atoms with Gasteiger partial charge in [-0.25, -0.2) is 0 Å². The Bertz CT molecular complexity index is 454. The maximum Gasteiger partial charge on any atom is 0.102 e. The highest BCUT2D eigenvalue weighted by Gasteiger charge is 1.99. The molecule has 2 aromatic rings. The average Bonchev–Trinajstić information content (AvgIpc) is 2.38. The zero-order valence-corrected chi connectivity index (χ0v) is 10.9. The van der Waals surface area contributed by atoms with Crippen LogP contribution in [0.1, 0.15) is 12.0 Å². The molecule has 0 bridgehead atoms. The lowest BCUT2D eigenvalue weighted by Crippen LogP contribution is -2.19. The summed E-state index contributed by atoms with van der Waals surface area (Å²) in [4.78, 5) is 0. The predicted molar refractivity (Wildman–Crippen MR) is 77.6 cm³/mol. The number of benzene rings is 2. The van der Waals surface area contributed by atoms with Crippen molar-refractivity contribution in [3.63, 3.8) is 0 Å². The van der Waals surface area contributed by atoms with E-state index in [2.05, 4.69) is 36.4 Å². The van der Waals surface area contributed by atoms with Crippen LogP contribution in [-0.2, 0) is 6.42 Å². The molecule has 0 aliphatic carbocycles. The maximum absolute atomic E-state index is 9.02. The number of aliphatic hydroxyl groups is 1. The number of halogens is 1. The Morgan fingerprint density at radius 2 is 1.44 bits per heavy atom. The van der Waals surface area contributed by atoms with Crippen molar-refractivity contribution in [2.24, 2.45) is 5.73 Å². The SMILES string of the molecule is Cl.NC(O)CCc1ccc(-c2ccccc2)cc1. The van der Waals surface area contributed by atoms with Crippen LogP contribution in [0.25, 0.3) is 11.1 Å². The molecule has 3 heteroatoms. The van der Waals surface area contributed by atoms with Crippen molar-refractivity contribution in [3.8, 4) is 11.1 Å². The van der Waals surface area contributed by atoms with Crippen molar-refractivity contribution in [1.29, 1.82) is 0 Å². The minimum Gasteiger partial charge on any atom is -0.379 e. The summed E-state index contributed by atoms with van der Waals surface area (Å²) in [6, 6.07) is 18.7. The number of hydrogen-bond acceptors (Lipinski definition) is 2. The summed E-state index contributed by atoms with van der Waals surface area (Å²) in [6.45, 7) is 0. The summed E-state index contributed by atoms with van der Waals surface area (Å²) in [5.74, 6) is 0. The van der Waals surface area contributed by atoms with Crippen molar-refractivity contribution in [2.75, 3.05) is 0 Å². The van der Waals surface area contributed by atoms with E-state index < -0.39 is 6.23 Å². The topological polar surface area (TPSA) is 46.2 Å². The lowest BCUT2D eigenvalue weighted by atomic mass is 10.0. The second-order valence-electron chi connectivity index (χ2n) is 4.17. The van der Waals surface area contributed by atoms with Gasteiger partial charge < -0.3 is 10.8 Å². The summed E-state index contributed by atoms with van der Waals surface area (Å²) >= 11 is 0. The molecule has 0 saturated heterocycles. The van der Waals surface area contributed by atoms with Crippen LogP contribution in [0.4, 0.5) is 0 Å². The normalized spacial score (nSPS) is 11.7. The van der Waals surface area contributed by atoms with Gasteiger partial charge in [-0.3, -0.25) is 0 Å². The quantitative estimate of drug-likeness (QED) is 0.833. The van der Waals surface area contributed by atoms with Crippen molar-refractivity contribution < 1.29 is 5.11 Å². The van der Waals surface area contributed by atoms with E-state index in [0.29, 0.717) is 6.42 Å². The fraction of sp³-hybridized carbons (Fsp3) is 0.200. The smallest absolute Gasteiger partial charge is 0.102 e. The van der Waals surface area contributed by atoms with Gasteiger partial charge in [0, 0.05) is 0 Å². The molecule has 1 atom stereocenters. The summed E-state index contributed by atoms with van der Waals surface area (Å²) in [6.07, 6.45) is 0.695. The number of aliphatic hydroxyl groups excluding tert-OH is 1. The van der Waals surface area contributed by atoms with E-state index >= 15 is 0 Å². The van der Waals surface area contributed by atoms with Gasteiger partial charge in [0.2, 0.25) is 0 Å². The highest BCUT2D eigenvalue weighted by Crippen LogP contribution is 2.19. The first-order valence-electron chi connectivity index (χ1n) is 5.84. The van der Waals surface area contributed by atoms with Crippen LogP contribution < -0.4 is 5.73 Å². The lowest BCUT2D eigenvalue weighted by molar-refractivity contribution is 0.172. The van der Waals surface area contributed by atoms with E-state index in [9.17, 15) is 0 Å². The Morgan fingerprint density at radius 3 is 2.00 bits per heavy atom. The molecule has 3 N–H and O–H groups in total. The number of hydrogen-bond donors (Lipinski definition) is 2. The first kappa shape index (κ1) is 14.7. The predicted octanol–water partition coefficient (Wildman–Crippen LogP) is 2.99. The second-order valence-corrected chi connectivity index (χ2v) is 4.17. The summed E-state index contributed by atoms with van der Waals surface area (Å²) < 4.78 is 0. The molecular weight excluding hydrogens is 246 g/mol. The minimum absolute atomic E-state index is 0. The zero-order valence-electron chi connectivity index (χ0n) is 10.1. The minimum atomic E-state index is -0.719. The number of nitrogens with two attached hydrogens (primary N) is 1. The van der Waals surface area contributed by atoms with Crippen LogP contribution in [0, 0.1) is 0 Å². The van der Waals surface area contributed by atoms with Gasteiger partial charge in [0.25, 0.3) is 0 Å². The maximum atomic E-state index is 9.02. The van der Waals surface area contributed by atoms with E-state index in [0.717, 1.165) is 6.42 Å². The molecule has 2 aromatic carbocycles. The van der Waals surface area contributed by atoms with Crippen LogP contribution in [0.15, 0.2) is 54.6 Å². The third-order valence-electron chi connectivity index (χ3n) is 2.79. The van der Waals surface area contributed by atoms with Gasteiger partial charge in [0.1, 0.15) is 6.23 Å². The molecule has 2 rings (SSSR count). The van der Waals surface area contributed by atoms with E-state index in [1.54, 1.807) is 0 Å². The van der Waals surface area contributed by atoms with Crippen LogP contribution in [0.5, 0.6) is 0 Å². The summed E-state index contributed by atoms with van der Waals surface area (Å²) in [5.41, 5.74) is 8.95. The molecule has 1 unspecified atom stereocenters. The fourth-order valence-corrected chi connectivity index (χ4v) is 1.81. The number of rotatable bonds is 4. The second kappa shape index (κ2) is 7.17. The molecule has 96 valence electrons. The Hall–Kier alpha value is -1.35. The van der Waals surface area contributed by atoms with E-state index in [4.69, 9.17) is 10.8 Å². The Morgan fingerprint density at radius 1 is 0.889 bits per heavy atom. The van der Waals surface area contributed by atoms with Gasteiger partial charge in [0.05, 0.1) is 0 Å².